The van der Waals surface area contributed by atoms with Crippen molar-refractivity contribution in [1.29, 1.82) is 0 Å². The van der Waals surface area contributed by atoms with Crippen molar-refractivity contribution in [3.05, 3.63) is 54.2 Å². The van der Waals surface area contributed by atoms with Crippen molar-refractivity contribution >= 4 is 16.2 Å². The molecular weight excluding hydrogens is 358 g/mol. The maximum atomic E-state index is 12.7. The van der Waals surface area contributed by atoms with Crippen molar-refractivity contribution in [2.75, 3.05) is 14.1 Å². The quantitative estimate of drug-likeness (QED) is 0.717. The molecule has 26 heavy (non-hydrogen) atoms. The molecule has 9 nitrogen and oxygen atoms in total. The number of aromatic nitrogens is 4. The van der Waals surface area contributed by atoms with Gasteiger partial charge >= 0.3 is 16.2 Å². The van der Waals surface area contributed by atoms with Crippen molar-refractivity contribution in [2.24, 2.45) is 0 Å². The van der Waals surface area contributed by atoms with Crippen LogP contribution in [-0.4, -0.2) is 57.0 Å². The molecule has 0 saturated carbocycles. The molecule has 0 aliphatic carbocycles. The fraction of sp³-hybridized carbons (Fsp3) is 0.125. The lowest BCUT2D eigenvalue weighted by Crippen LogP contribution is -2.30. The van der Waals surface area contributed by atoms with Gasteiger partial charge in [-0.3, -0.25) is 4.98 Å². The largest absolute Gasteiger partial charge is 0.478 e. The standard InChI is InChI=1S/C16H15N5O4S/c1-20(2)26(24,25)21-15(13-12(16(22)23)9-6-10-17-13)18-14(19-21)11-7-4-3-5-8-11/h3-10H,1-2H3,(H,22,23). The lowest BCUT2D eigenvalue weighted by atomic mass is 10.2. The maximum Gasteiger partial charge on any atom is 0.338 e. The monoisotopic (exact) mass is 373 g/mol. The first-order chi connectivity index (χ1) is 12.3. The number of carboxylic acids is 1. The smallest absolute Gasteiger partial charge is 0.338 e. The second kappa shape index (κ2) is 6.65. The Labute approximate surface area is 149 Å². The molecule has 0 spiro atoms. The Morgan fingerprint density at radius 1 is 1.12 bits per heavy atom. The summed E-state index contributed by atoms with van der Waals surface area (Å²) in [7, 11) is -1.35. The first kappa shape index (κ1) is 17.7. The Bertz CT molecular complexity index is 1060. The van der Waals surface area contributed by atoms with E-state index < -0.39 is 16.2 Å². The minimum absolute atomic E-state index is 0.0832. The van der Waals surface area contributed by atoms with Gasteiger partial charge in [0.1, 0.15) is 5.69 Å². The summed E-state index contributed by atoms with van der Waals surface area (Å²) in [4.78, 5) is 19.8. The third-order valence-electron chi connectivity index (χ3n) is 3.54. The molecule has 10 heteroatoms. The molecule has 2 heterocycles. The molecule has 0 aliphatic heterocycles. The third-order valence-corrected chi connectivity index (χ3v) is 5.15. The number of hydrogen-bond acceptors (Lipinski definition) is 6. The molecule has 3 aromatic rings. The Morgan fingerprint density at radius 3 is 2.42 bits per heavy atom. The Balaban J connectivity index is 2.31. The van der Waals surface area contributed by atoms with E-state index in [1.807, 2.05) is 0 Å². The average molecular weight is 373 g/mol. The van der Waals surface area contributed by atoms with E-state index in [1.165, 1.54) is 32.4 Å². The molecule has 1 N–H and O–H groups in total. The van der Waals surface area contributed by atoms with Crippen LogP contribution in [0.2, 0.25) is 0 Å². The van der Waals surface area contributed by atoms with Crippen molar-refractivity contribution in [3.8, 4) is 22.9 Å². The molecule has 0 radical (unpaired) electrons. The number of rotatable bonds is 5. The van der Waals surface area contributed by atoms with Crippen LogP contribution in [0.4, 0.5) is 0 Å². The Morgan fingerprint density at radius 2 is 1.81 bits per heavy atom. The first-order valence-electron chi connectivity index (χ1n) is 7.46. The molecule has 0 unspecified atom stereocenters. The molecule has 0 atom stereocenters. The van der Waals surface area contributed by atoms with Crippen molar-refractivity contribution in [2.45, 2.75) is 0 Å². The number of carbonyl (C=O) groups is 1. The van der Waals surface area contributed by atoms with E-state index in [0.29, 0.717) is 9.65 Å². The van der Waals surface area contributed by atoms with Crippen LogP contribution >= 0.6 is 0 Å². The van der Waals surface area contributed by atoms with Gasteiger partial charge in [0.05, 0.1) is 5.56 Å². The summed E-state index contributed by atoms with van der Waals surface area (Å²) in [5.74, 6) is -1.27. The van der Waals surface area contributed by atoms with E-state index in [1.54, 1.807) is 30.3 Å². The molecule has 0 aliphatic rings. The van der Waals surface area contributed by atoms with E-state index in [2.05, 4.69) is 15.1 Å². The van der Waals surface area contributed by atoms with Crippen LogP contribution in [0.3, 0.4) is 0 Å². The van der Waals surface area contributed by atoms with Gasteiger partial charge in [-0.15, -0.1) is 9.19 Å². The van der Waals surface area contributed by atoms with E-state index in [-0.39, 0.29) is 22.9 Å². The van der Waals surface area contributed by atoms with Crippen LogP contribution < -0.4 is 0 Å². The molecule has 134 valence electrons. The third kappa shape index (κ3) is 3.07. The molecule has 3 rings (SSSR count). The molecule has 0 saturated heterocycles. The van der Waals surface area contributed by atoms with Gasteiger partial charge in [-0.25, -0.2) is 9.78 Å². The minimum Gasteiger partial charge on any atom is -0.478 e. The summed E-state index contributed by atoms with van der Waals surface area (Å²) in [6.07, 6.45) is 1.37. The molecule has 0 fully saturated rings. The molecular formula is C16H15N5O4S. The zero-order valence-corrected chi connectivity index (χ0v) is 14.8. The van der Waals surface area contributed by atoms with Gasteiger partial charge in [0, 0.05) is 25.9 Å². The van der Waals surface area contributed by atoms with E-state index in [4.69, 9.17) is 0 Å². The second-order valence-corrected chi connectivity index (χ2v) is 7.43. The van der Waals surface area contributed by atoms with Gasteiger partial charge in [0.2, 0.25) is 0 Å². The number of nitrogens with zero attached hydrogens (tertiary/aromatic N) is 5. The summed E-state index contributed by atoms with van der Waals surface area (Å²) in [5, 5.41) is 13.5. The van der Waals surface area contributed by atoms with Gasteiger partial charge in [-0.1, -0.05) is 30.3 Å². The van der Waals surface area contributed by atoms with Crippen molar-refractivity contribution < 1.29 is 18.3 Å². The van der Waals surface area contributed by atoms with Gasteiger partial charge in [0.15, 0.2) is 11.6 Å². The predicted molar refractivity (Wildman–Crippen MR) is 93.7 cm³/mol. The maximum absolute atomic E-state index is 12.7. The highest BCUT2D eigenvalue weighted by Gasteiger charge is 2.28. The van der Waals surface area contributed by atoms with E-state index >= 15 is 0 Å². The predicted octanol–water partition coefficient (Wildman–Crippen LogP) is 1.36. The van der Waals surface area contributed by atoms with Gasteiger partial charge in [-0.2, -0.15) is 12.7 Å². The zero-order chi connectivity index (χ0) is 18.9. The summed E-state index contributed by atoms with van der Waals surface area (Å²) in [5.41, 5.74) is 0.337. The van der Waals surface area contributed by atoms with Gasteiger partial charge in [-0.05, 0) is 12.1 Å². The number of carboxylic acid groups (broad SMARTS) is 1. The number of hydrogen-bond donors (Lipinski definition) is 1. The fourth-order valence-corrected chi connectivity index (χ4v) is 3.06. The van der Waals surface area contributed by atoms with Crippen LogP contribution in [0.15, 0.2) is 48.7 Å². The van der Waals surface area contributed by atoms with Crippen LogP contribution in [-0.2, 0) is 10.2 Å². The summed E-state index contributed by atoms with van der Waals surface area (Å²) in [6, 6.07) is 11.6. The molecule has 2 aromatic heterocycles. The SMILES string of the molecule is CN(C)S(=O)(=O)n1nc(-c2ccccc2)nc1-c1ncccc1C(=O)O. The lowest BCUT2D eigenvalue weighted by molar-refractivity contribution is 0.0697. The lowest BCUT2D eigenvalue weighted by Gasteiger charge is -2.12. The number of pyridine rings is 1. The van der Waals surface area contributed by atoms with E-state index in [9.17, 15) is 18.3 Å². The highest BCUT2D eigenvalue weighted by atomic mass is 32.2. The van der Waals surface area contributed by atoms with Crippen molar-refractivity contribution in [1.82, 2.24) is 23.5 Å². The van der Waals surface area contributed by atoms with E-state index in [0.717, 1.165) is 4.31 Å². The Hall–Kier alpha value is -3.11. The summed E-state index contributed by atoms with van der Waals surface area (Å²) < 4.78 is 27.0. The van der Waals surface area contributed by atoms with Crippen molar-refractivity contribution in [3.63, 3.8) is 0 Å². The molecule has 1 aromatic carbocycles. The zero-order valence-electron chi connectivity index (χ0n) is 13.9. The topological polar surface area (TPSA) is 118 Å². The summed E-state index contributed by atoms with van der Waals surface area (Å²) >= 11 is 0. The van der Waals surface area contributed by atoms with Crippen LogP contribution in [0, 0.1) is 0 Å². The fourth-order valence-electron chi connectivity index (χ4n) is 2.22. The second-order valence-electron chi connectivity index (χ2n) is 5.46. The highest BCUT2D eigenvalue weighted by Crippen LogP contribution is 2.25. The van der Waals surface area contributed by atoms with Crippen LogP contribution in [0.25, 0.3) is 22.9 Å². The number of aromatic carboxylic acids is 1. The first-order valence-corrected chi connectivity index (χ1v) is 8.86. The molecule has 0 amide bonds. The van der Waals surface area contributed by atoms with Crippen LogP contribution in [0.5, 0.6) is 0 Å². The highest BCUT2D eigenvalue weighted by molar-refractivity contribution is 7.87. The minimum atomic E-state index is -4.04. The van der Waals surface area contributed by atoms with Gasteiger partial charge in [0.25, 0.3) is 0 Å². The summed E-state index contributed by atoms with van der Waals surface area (Å²) in [6.45, 7) is 0. The number of benzene rings is 1. The molecule has 0 bridgehead atoms. The Kier molecular flexibility index (Phi) is 4.53. The van der Waals surface area contributed by atoms with Gasteiger partial charge < -0.3 is 5.11 Å². The van der Waals surface area contributed by atoms with Crippen LogP contribution in [0.1, 0.15) is 10.4 Å². The normalized spacial score (nSPS) is 11.7. The average Bonchev–Trinajstić information content (AvgIpc) is 3.08.